The van der Waals surface area contributed by atoms with Gasteiger partial charge in [-0.15, -0.1) is 0 Å². The van der Waals surface area contributed by atoms with Gasteiger partial charge in [0.15, 0.2) is 0 Å². The highest BCUT2D eigenvalue weighted by Crippen LogP contribution is 2.18. The van der Waals surface area contributed by atoms with Gasteiger partial charge in [0, 0.05) is 6.42 Å². The van der Waals surface area contributed by atoms with Gasteiger partial charge in [0.2, 0.25) is 5.91 Å². The average Bonchev–Trinajstić information content (AvgIpc) is 3.32. The predicted octanol–water partition coefficient (Wildman–Crippen LogP) is 17.7. The monoisotopic (exact) mass is 936 g/mol. The Bertz CT molecular complexity index is 1230. The van der Waals surface area contributed by atoms with Gasteiger partial charge in [0.25, 0.3) is 0 Å². The number of aliphatic hydroxyl groups excluding tert-OH is 2. The summed E-state index contributed by atoms with van der Waals surface area (Å²) in [7, 11) is 0. The Labute approximate surface area is 415 Å². The predicted molar refractivity (Wildman–Crippen MR) is 291 cm³/mol. The van der Waals surface area contributed by atoms with Crippen LogP contribution >= 0.6 is 0 Å². The standard InChI is InChI=1S/C61H109NO5/c1-4-7-10-13-16-19-22-25-27-29-31-33-36-39-42-45-48-51-54-61(66)67-57(52-49-46-43-40-37-34-24-21-18-15-12-9-6-3)55-60(65)62-58(56-63)59(64)53-50-47-44-41-38-35-32-30-28-26-23-20-17-14-11-8-5-2/h9,12,15,18,21,24,27,29,31,33-34,37,57-59,63-64H,4-8,10-11,13-14,16-17,19-20,22-23,25-26,28,30,32,35-36,38-56H2,1-3H3,(H,62,65)/b12-9+,18-15+,24-21+,29-27+,33-31+,37-34-. The molecule has 0 spiro atoms. The quantitative estimate of drug-likeness (QED) is 0.0321. The molecule has 6 heteroatoms. The number of carbonyl (C=O) groups excluding carboxylic acids is 2. The van der Waals surface area contributed by atoms with E-state index in [9.17, 15) is 19.8 Å². The lowest BCUT2D eigenvalue weighted by molar-refractivity contribution is -0.151. The fourth-order valence-corrected chi connectivity index (χ4v) is 8.55. The lowest BCUT2D eigenvalue weighted by Gasteiger charge is -2.24. The second kappa shape index (κ2) is 54.2. The number of hydrogen-bond acceptors (Lipinski definition) is 5. The van der Waals surface area contributed by atoms with Gasteiger partial charge in [0.1, 0.15) is 6.10 Å². The van der Waals surface area contributed by atoms with Gasteiger partial charge in [-0.25, -0.2) is 0 Å². The van der Waals surface area contributed by atoms with Crippen LogP contribution < -0.4 is 5.32 Å². The number of hydrogen-bond donors (Lipinski definition) is 3. The number of ether oxygens (including phenoxy) is 1. The van der Waals surface area contributed by atoms with Crippen LogP contribution in [0.4, 0.5) is 0 Å². The molecule has 3 N–H and O–H groups in total. The number of amides is 1. The molecule has 0 aliphatic heterocycles. The normalized spacial score (nSPS) is 13.7. The fraction of sp³-hybridized carbons (Fsp3) is 0.770. The van der Waals surface area contributed by atoms with Crippen LogP contribution in [0.1, 0.15) is 278 Å². The summed E-state index contributed by atoms with van der Waals surface area (Å²) in [6.07, 6.45) is 69.7. The molecule has 67 heavy (non-hydrogen) atoms. The highest BCUT2D eigenvalue weighted by Gasteiger charge is 2.24. The first-order valence-corrected chi connectivity index (χ1v) is 28.7. The van der Waals surface area contributed by atoms with Crippen LogP contribution in [-0.4, -0.2) is 46.9 Å². The highest BCUT2D eigenvalue weighted by atomic mass is 16.5. The van der Waals surface area contributed by atoms with Gasteiger partial charge in [-0.05, 0) is 70.6 Å². The zero-order valence-electron chi connectivity index (χ0n) is 44.3. The van der Waals surface area contributed by atoms with E-state index in [1.165, 1.54) is 141 Å². The number of esters is 1. The van der Waals surface area contributed by atoms with Crippen molar-refractivity contribution in [2.24, 2.45) is 0 Å². The molecular weight excluding hydrogens is 827 g/mol. The van der Waals surface area contributed by atoms with Crippen LogP contribution in [0.3, 0.4) is 0 Å². The Morgan fingerprint density at radius 1 is 0.448 bits per heavy atom. The molecule has 1 amide bonds. The molecule has 0 aromatic heterocycles. The molecule has 0 aromatic rings. The van der Waals surface area contributed by atoms with Crippen molar-refractivity contribution < 1.29 is 24.5 Å². The first-order chi connectivity index (χ1) is 33.0. The summed E-state index contributed by atoms with van der Waals surface area (Å²) in [6, 6.07) is -0.722. The summed E-state index contributed by atoms with van der Waals surface area (Å²) in [5.41, 5.74) is 0. The lowest BCUT2D eigenvalue weighted by atomic mass is 10.0. The topological polar surface area (TPSA) is 95.9 Å². The second-order valence-electron chi connectivity index (χ2n) is 19.4. The number of unbranched alkanes of at least 4 members (excludes halogenated alkanes) is 31. The van der Waals surface area contributed by atoms with E-state index in [4.69, 9.17) is 4.74 Å². The van der Waals surface area contributed by atoms with Crippen LogP contribution in [0.25, 0.3) is 0 Å². The number of allylic oxidation sites excluding steroid dienone is 12. The maximum atomic E-state index is 13.3. The van der Waals surface area contributed by atoms with E-state index >= 15 is 0 Å². The first kappa shape index (κ1) is 64.3. The van der Waals surface area contributed by atoms with Gasteiger partial charge in [-0.3, -0.25) is 9.59 Å². The molecule has 3 unspecified atom stereocenters. The highest BCUT2D eigenvalue weighted by molar-refractivity contribution is 5.77. The van der Waals surface area contributed by atoms with E-state index in [0.29, 0.717) is 19.3 Å². The molecule has 0 saturated carbocycles. The van der Waals surface area contributed by atoms with E-state index in [1.807, 2.05) is 24.3 Å². The van der Waals surface area contributed by atoms with Crippen molar-refractivity contribution in [1.29, 1.82) is 0 Å². The molecule has 0 fully saturated rings. The van der Waals surface area contributed by atoms with E-state index in [2.05, 4.69) is 74.7 Å². The fourth-order valence-electron chi connectivity index (χ4n) is 8.55. The number of nitrogens with one attached hydrogen (secondary N) is 1. The Morgan fingerprint density at radius 3 is 1.25 bits per heavy atom. The lowest BCUT2D eigenvalue weighted by Crippen LogP contribution is -2.46. The molecular formula is C61H109NO5. The Kier molecular flexibility index (Phi) is 52.1. The van der Waals surface area contributed by atoms with Crippen LogP contribution in [0.15, 0.2) is 72.9 Å². The zero-order valence-corrected chi connectivity index (χ0v) is 44.3. The van der Waals surface area contributed by atoms with Crippen molar-refractivity contribution in [1.82, 2.24) is 5.32 Å². The minimum absolute atomic E-state index is 0.0432. The van der Waals surface area contributed by atoms with Crippen molar-refractivity contribution in [2.45, 2.75) is 296 Å². The number of carbonyl (C=O) groups is 2. The molecule has 0 heterocycles. The molecule has 388 valence electrons. The molecule has 0 saturated heterocycles. The molecule has 0 radical (unpaired) electrons. The first-order valence-electron chi connectivity index (χ1n) is 28.7. The third-order valence-corrected chi connectivity index (χ3v) is 12.9. The van der Waals surface area contributed by atoms with Crippen molar-refractivity contribution >= 4 is 11.9 Å². The second-order valence-corrected chi connectivity index (χ2v) is 19.4. The smallest absolute Gasteiger partial charge is 0.306 e. The number of rotatable bonds is 51. The molecule has 0 aromatic carbocycles. The third kappa shape index (κ3) is 49.5. The van der Waals surface area contributed by atoms with Crippen molar-refractivity contribution in [2.75, 3.05) is 6.61 Å². The van der Waals surface area contributed by atoms with E-state index < -0.39 is 18.2 Å². The molecule has 0 rings (SSSR count). The Morgan fingerprint density at radius 2 is 0.806 bits per heavy atom. The Hall–Kier alpha value is -2.70. The minimum atomic E-state index is -0.805. The molecule has 3 atom stereocenters. The average molecular weight is 937 g/mol. The van der Waals surface area contributed by atoms with Crippen LogP contribution in [0, 0.1) is 0 Å². The van der Waals surface area contributed by atoms with Crippen LogP contribution in [-0.2, 0) is 14.3 Å². The van der Waals surface area contributed by atoms with E-state index in [0.717, 1.165) is 89.9 Å². The van der Waals surface area contributed by atoms with E-state index in [-0.39, 0.29) is 24.9 Å². The minimum Gasteiger partial charge on any atom is -0.462 e. The van der Waals surface area contributed by atoms with Gasteiger partial charge < -0.3 is 20.3 Å². The van der Waals surface area contributed by atoms with Crippen LogP contribution in [0.2, 0.25) is 0 Å². The largest absolute Gasteiger partial charge is 0.462 e. The summed E-state index contributed by atoms with van der Waals surface area (Å²) >= 11 is 0. The van der Waals surface area contributed by atoms with Crippen molar-refractivity contribution in [3.05, 3.63) is 72.9 Å². The molecule has 0 bridgehead atoms. The summed E-state index contributed by atoms with van der Waals surface area (Å²) in [4.78, 5) is 26.2. The van der Waals surface area contributed by atoms with Gasteiger partial charge in [-0.1, -0.05) is 267 Å². The summed E-state index contributed by atoms with van der Waals surface area (Å²) in [5, 5.41) is 23.9. The van der Waals surface area contributed by atoms with Crippen LogP contribution in [0.5, 0.6) is 0 Å². The summed E-state index contributed by atoms with van der Waals surface area (Å²) in [6.45, 7) is 6.35. The van der Waals surface area contributed by atoms with E-state index in [1.54, 1.807) is 0 Å². The van der Waals surface area contributed by atoms with Gasteiger partial charge >= 0.3 is 5.97 Å². The van der Waals surface area contributed by atoms with Gasteiger partial charge in [-0.2, -0.15) is 0 Å². The molecule has 6 nitrogen and oxygen atoms in total. The third-order valence-electron chi connectivity index (χ3n) is 12.9. The molecule has 0 aliphatic rings. The summed E-state index contributed by atoms with van der Waals surface area (Å²) < 4.78 is 5.93. The van der Waals surface area contributed by atoms with Crippen molar-refractivity contribution in [3.8, 4) is 0 Å². The maximum Gasteiger partial charge on any atom is 0.306 e. The van der Waals surface area contributed by atoms with Crippen molar-refractivity contribution in [3.63, 3.8) is 0 Å². The van der Waals surface area contributed by atoms with Gasteiger partial charge in [0.05, 0.1) is 25.2 Å². The number of aliphatic hydroxyl groups is 2. The Balaban J connectivity index is 4.57. The molecule has 0 aliphatic carbocycles. The zero-order chi connectivity index (χ0) is 48.8. The summed E-state index contributed by atoms with van der Waals surface area (Å²) in [5.74, 6) is -0.527. The SMILES string of the molecule is CC/C=C/C=C/C=C/C=C\CCCCCC(CC(=O)NC(CO)C(O)CCCCCCCCCCCCCCCCCCC)OC(=O)CCCCCCC/C=C/C=C/CCCCCCCCC. The maximum absolute atomic E-state index is 13.3.